The fourth-order valence-electron chi connectivity index (χ4n) is 2.14. The number of thiazole rings is 1. The van der Waals surface area contributed by atoms with Crippen molar-refractivity contribution in [2.75, 3.05) is 0 Å². The van der Waals surface area contributed by atoms with Crippen molar-refractivity contribution in [2.45, 2.75) is 6.61 Å². The highest BCUT2D eigenvalue weighted by atomic mass is 35.5. The van der Waals surface area contributed by atoms with Crippen LogP contribution in [-0.4, -0.2) is 19.2 Å². The minimum atomic E-state index is 0.452. The Morgan fingerprint density at radius 1 is 1.18 bits per heavy atom. The molecule has 0 aliphatic rings. The van der Waals surface area contributed by atoms with E-state index in [-0.39, 0.29) is 0 Å². The summed E-state index contributed by atoms with van der Waals surface area (Å²) in [5.41, 5.74) is 1.99. The number of hydrogen-bond acceptors (Lipinski definition) is 4. The highest BCUT2D eigenvalue weighted by Gasteiger charge is 2.06. The summed E-state index contributed by atoms with van der Waals surface area (Å²) in [4.78, 5) is 5.22. The lowest BCUT2D eigenvalue weighted by Gasteiger charge is -2.03. The third kappa shape index (κ3) is 2.47. The van der Waals surface area contributed by atoms with E-state index in [4.69, 9.17) is 16.3 Å². The molecule has 0 aliphatic carbocycles. The van der Waals surface area contributed by atoms with E-state index in [0.717, 1.165) is 16.2 Å². The maximum absolute atomic E-state index is 5.89. The number of nitrogens with zero attached hydrogens (tertiary/aromatic N) is 4. The molecule has 0 N–H and O–H groups in total. The Bertz CT molecular complexity index is 909. The molecule has 110 valence electrons. The summed E-state index contributed by atoms with van der Waals surface area (Å²) in [5, 5.41) is 7.17. The van der Waals surface area contributed by atoms with Gasteiger partial charge in [0.15, 0.2) is 0 Å². The molecule has 0 amide bonds. The molecule has 0 fully saturated rings. The minimum absolute atomic E-state index is 0.452. The van der Waals surface area contributed by atoms with E-state index in [1.807, 2.05) is 47.1 Å². The van der Waals surface area contributed by atoms with E-state index in [1.165, 1.54) is 0 Å². The molecule has 5 nitrogen and oxygen atoms in total. The first-order valence-corrected chi connectivity index (χ1v) is 7.88. The van der Waals surface area contributed by atoms with Crippen LogP contribution in [0.1, 0.15) is 5.69 Å². The molecular weight excluding hydrogens is 320 g/mol. The van der Waals surface area contributed by atoms with Gasteiger partial charge in [0.1, 0.15) is 17.8 Å². The average molecular weight is 331 g/mol. The number of aromatic nitrogens is 4. The van der Waals surface area contributed by atoms with Crippen molar-refractivity contribution in [3.63, 3.8) is 0 Å². The zero-order valence-corrected chi connectivity index (χ0v) is 13.0. The molecule has 0 spiro atoms. The topological polar surface area (TPSA) is 44.4 Å². The Balaban J connectivity index is 1.50. The molecule has 0 saturated carbocycles. The van der Waals surface area contributed by atoms with Crippen LogP contribution in [0.15, 0.2) is 54.4 Å². The number of imidazole rings is 1. The number of fused-ring (bicyclic) bond motifs is 1. The molecule has 1 aromatic carbocycles. The highest BCUT2D eigenvalue weighted by Crippen LogP contribution is 2.19. The summed E-state index contributed by atoms with van der Waals surface area (Å²) < 4.78 is 9.52. The van der Waals surface area contributed by atoms with Gasteiger partial charge in [-0.25, -0.2) is 9.67 Å². The lowest BCUT2D eigenvalue weighted by molar-refractivity contribution is 0.286. The highest BCUT2D eigenvalue weighted by molar-refractivity contribution is 7.15. The van der Waals surface area contributed by atoms with Crippen molar-refractivity contribution >= 4 is 27.8 Å². The summed E-state index contributed by atoms with van der Waals surface area (Å²) >= 11 is 7.53. The zero-order valence-electron chi connectivity index (χ0n) is 11.4. The van der Waals surface area contributed by atoms with Crippen LogP contribution in [0.4, 0.5) is 0 Å². The summed E-state index contributed by atoms with van der Waals surface area (Å²) in [7, 11) is 0. The number of ether oxygens (including phenoxy) is 1. The minimum Gasteiger partial charge on any atom is -0.470 e. The van der Waals surface area contributed by atoms with Gasteiger partial charge in [-0.05, 0) is 24.3 Å². The number of halogens is 1. The Morgan fingerprint density at radius 2 is 2.05 bits per heavy atom. The van der Waals surface area contributed by atoms with Gasteiger partial charge < -0.3 is 4.74 Å². The zero-order chi connectivity index (χ0) is 14.9. The van der Waals surface area contributed by atoms with Gasteiger partial charge in [-0.2, -0.15) is 0 Å². The molecule has 0 aliphatic heterocycles. The van der Waals surface area contributed by atoms with Crippen molar-refractivity contribution in [3.05, 3.63) is 65.1 Å². The van der Waals surface area contributed by atoms with Gasteiger partial charge in [-0.3, -0.25) is 4.40 Å². The summed E-state index contributed by atoms with van der Waals surface area (Å²) in [6.45, 7) is 0.452. The van der Waals surface area contributed by atoms with Gasteiger partial charge >= 0.3 is 0 Å². The van der Waals surface area contributed by atoms with Crippen LogP contribution in [-0.2, 0) is 6.61 Å². The molecule has 4 aromatic rings. The first-order chi connectivity index (χ1) is 10.8. The maximum atomic E-state index is 5.89. The summed E-state index contributed by atoms with van der Waals surface area (Å²) in [6.07, 6.45) is 5.49. The molecule has 7 heteroatoms. The van der Waals surface area contributed by atoms with Crippen LogP contribution in [0, 0.1) is 0 Å². The van der Waals surface area contributed by atoms with E-state index < -0.39 is 0 Å². The molecule has 22 heavy (non-hydrogen) atoms. The van der Waals surface area contributed by atoms with Crippen LogP contribution < -0.4 is 4.74 Å². The van der Waals surface area contributed by atoms with E-state index in [0.29, 0.717) is 17.5 Å². The van der Waals surface area contributed by atoms with Crippen LogP contribution >= 0.6 is 22.9 Å². The third-order valence-electron chi connectivity index (χ3n) is 3.25. The van der Waals surface area contributed by atoms with Crippen molar-refractivity contribution in [2.24, 2.45) is 0 Å². The first-order valence-electron chi connectivity index (χ1n) is 6.62. The van der Waals surface area contributed by atoms with E-state index >= 15 is 0 Å². The Labute approximate surface area is 135 Å². The lowest BCUT2D eigenvalue weighted by Crippen LogP contribution is -2.00. The molecule has 0 atom stereocenters. The fourth-order valence-corrected chi connectivity index (χ4v) is 3.11. The first kappa shape index (κ1) is 13.4. The molecule has 0 bridgehead atoms. The average Bonchev–Trinajstić information content (AvgIpc) is 3.23. The van der Waals surface area contributed by atoms with E-state index in [2.05, 4.69) is 15.5 Å². The number of benzene rings is 1. The van der Waals surface area contributed by atoms with Gasteiger partial charge in [0.2, 0.25) is 5.88 Å². The number of rotatable bonds is 4. The van der Waals surface area contributed by atoms with Crippen molar-refractivity contribution in [1.82, 2.24) is 19.2 Å². The van der Waals surface area contributed by atoms with Crippen molar-refractivity contribution in [3.8, 4) is 11.6 Å². The quantitative estimate of drug-likeness (QED) is 0.571. The fraction of sp³-hybridized carbons (Fsp3) is 0.0667. The molecule has 4 rings (SSSR count). The second-order valence-electron chi connectivity index (χ2n) is 4.69. The second-order valence-corrected chi connectivity index (χ2v) is 6.02. The van der Waals surface area contributed by atoms with Gasteiger partial charge in [0, 0.05) is 22.7 Å². The third-order valence-corrected chi connectivity index (χ3v) is 4.44. The summed E-state index contributed by atoms with van der Waals surface area (Å²) in [5.74, 6) is 0.578. The van der Waals surface area contributed by atoms with Crippen LogP contribution in [0.2, 0.25) is 5.02 Å². The van der Waals surface area contributed by atoms with Crippen molar-refractivity contribution in [1.29, 1.82) is 0 Å². The predicted molar refractivity (Wildman–Crippen MR) is 86.0 cm³/mol. The number of hydrogen-bond donors (Lipinski definition) is 0. The Morgan fingerprint density at radius 3 is 2.91 bits per heavy atom. The standard InChI is InChI=1S/C15H11ClN4OS/c16-11-1-3-12(4-2-11)20-6-5-14(18-20)21-8-13-9-22-15-7-17-10-19(13)15/h1-7,9-10H,8H2. The van der Waals surface area contributed by atoms with Crippen LogP contribution in [0.25, 0.3) is 10.5 Å². The van der Waals surface area contributed by atoms with E-state index in [9.17, 15) is 0 Å². The molecule has 0 radical (unpaired) electrons. The smallest absolute Gasteiger partial charge is 0.233 e. The molecular formula is C15H11ClN4OS. The van der Waals surface area contributed by atoms with Gasteiger partial charge in [-0.15, -0.1) is 16.4 Å². The van der Waals surface area contributed by atoms with Crippen LogP contribution in [0.5, 0.6) is 5.88 Å². The monoisotopic (exact) mass is 330 g/mol. The SMILES string of the molecule is Clc1ccc(-n2ccc(OCc3csc4cncn34)n2)cc1. The van der Waals surface area contributed by atoms with Gasteiger partial charge in [0.05, 0.1) is 17.6 Å². The predicted octanol–water partition coefficient (Wildman–Crippen LogP) is 3.81. The largest absolute Gasteiger partial charge is 0.470 e. The van der Waals surface area contributed by atoms with Crippen LogP contribution in [0.3, 0.4) is 0 Å². The van der Waals surface area contributed by atoms with E-state index in [1.54, 1.807) is 22.3 Å². The Hall–Kier alpha value is -2.31. The normalized spacial score (nSPS) is 11.1. The molecule has 3 heterocycles. The molecule has 0 saturated heterocycles. The lowest BCUT2D eigenvalue weighted by atomic mass is 10.3. The van der Waals surface area contributed by atoms with Crippen molar-refractivity contribution < 1.29 is 4.74 Å². The summed E-state index contributed by atoms with van der Waals surface area (Å²) in [6, 6.07) is 9.33. The second kappa shape index (κ2) is 5.47. The molecule has 0 unspecified atom stereocenters. The van der Waals surface area contributed by atoms with Gasteiger partial charge in [-0.1, -0.05) is 11.6 Å². The molecule has 3 aromatic heterocycles. The maximum Gasteiger partial charge on any atom is 0.233 e. The van der Waals surface area contributed by atoms with Gasteiger partial charge in [0.25, 0.3) is 0 Å². The Kier molecular flexibility index (Phi) is 3.32.